The van der Waals surface area contributed by atoms with Crippen molar-refractivity contribution in [2.75, 3.05) is 5.32 Å². The van der Waals surface area contributed by atoms with Crippen LogP contribution in [0.4, 0.5) is 11.4 Å². The van der Waals surface area contributed by atoms with Gasteiger partial charge in [0, 0.05) is 28.3 Å². The number of hydrogen-bond acceptors (Lipinski definition) is 3. The topological polar surface area (TPSA) is 55.2 Å². The van der Waals surface area contributed by atoms with Crippen molar-refractivity contribution >= 4 is 27.3 Å². The number of non-ortho nitro benzene ring substituents is 1. The van der Waals surface area contributed by atoms with Gasteiger partial charge in [-0.15, -0.1) is 0 Å². The molecule has 2 unspecified atom stereocenters. The molecule has 1 saturated carbocycles. The third-order valence-corrected chi connectivity index (χ3v) is 4.84. The van der Waals surface area contributed by atoms with Crippen molar-refractivity contribution in [1.29, 1.82) is 0 Å². The van der Waals surface area contributed by atoms with E-state index in [-0.39, 0.29) is 10.6 Å². The predicted octanol–water partition coefficient (Wildman–Crippen LogP) is 4.98. The first-order valence-corrected chi connectivity index (χ1v) is 7.99. The largest absolute Gasteiger partial charge is 0.381 e. The van der Waals surface area contributed by atoms with Crippen molar-refractivity contribution < 1.29 is 4.92 Å². The highest BCUT2D eigenvalue weighted by Gasteiger charge is 2.27. The van der Waals surface area contributed by atoms with Gasteiger partial charge in [-0.05, 0) is 46.7 Å². The van der Waals surface area contributed by atoms with Gasteiger partial charge in [0.1, 0.15) is 0 Å². The molecule has 1 aromatic rings. The predicted molar refractivity (Wildman–Crippen MR) is 85.0 cm³/mol. The lowest BCUT2D eigenvalue weighted by molar-refractivity contribution is -0.384. The van der Waals surface area contributed by atoms with Crippen LogP contribution in [-0.4, -0.2) is 11.0 Å². The molecule has 0 radical (unpaired) electrons. The van der Waals surface area contributed by atoms with Gasteiger partial charge in [-0.25, -0.2) is 0 Å². The van der Waals surface area contributed by atoms with Crippen LogP contribution < -0.4 is 5.32 Å². The third-order valence-electron chi connectivity index (χ3n) is 4.18. The first-order chi connectivity index (χ1) is 9.49. The summed E-state index contributed by atoms with van der Waals surface area (Å²) in [6, 6.07) is 5.38. The quantitative estimate of drug-likeness (QED) is 0.620. The number of nitrogens with one attached hydrogen (secondary N) is 1. The highest BCUT2D eigenvalue weighted by molar-refractivity contribution is 9.10. The molecule has 1 aliphatic rings. The van der Waals surface area contributed by atoms with Crippen LogP contribution in [0, 0.1) is 22.0 Å². The van der Waals surface area contributed by atoms with Gasteiger partial charge in [0.05, 0.1) is 4.92 Å². The summed E-state index contributed by atoms with van der Waals surface area (Å²) in [6.07, 6.45) is 5.00. The summed E-state index contributed by atoms with van der Waals surface area (Å²) in [5.74, 6) is 1.33. The molecule has 0 aliphatic heterocycles. The molecule has 4 nitrogen and oxygen atoms in total. The van der Waals surface area contributed by atoms with Crippen LogP contribution in [-0.2, 0) is 0 Å². The number of halogens is 1. The fourth-order valence-corrected chi connectivity index (χ4v) is 3.55. The molecular weight excluding hydrogens is 320 g/mol. The van der Waals surface area contributed by atoms with Crippen molar-refractivity contribution in [1.82, 2.24) is 0 Å². The Hall–Kier alpha value is -1.10. The number of nitrogens with zero attached hydrogens (tertiary/aromatic N) is 1. The van der Waals surface area contributed by atoms with E-state index in [1.807, 2.05) is 0 Å². The Kier molecular flexibility index (Phi) is 5.02. The molecule has 1 fully saturated rings. The smallest absolute Gasteiger partial charge is 0.270 e. The molecule has 20 heavy (non-hydrogen) atoms. The second-order valence-corrected chi connectivity index (χ2v) is 6.72. The minimum absolute atomic E-state index is 0.117. The maximum atomic E-state index is 10.8. The first kappa shape index (κ1) is 15.3. The lowest BCUT2D eigenvalue weighted by Crippen LogP contribution is -2.35. The van der Waals surface area contributed by atoms with Crippen molar-refractivity contribution in [3.63, 3.8) is 0 Å². The number of hydrogen-bond donors (Lipinski definition) is 1. The highest BCUT2D eigenvalue weighted by Crippen LogP contribution is 2.35. The summed E-state index contributed by atoms with van der Waals surface area (Å²) < 4.78 is 0.764. The number of anilines is 1. The summed E-state index contributed by atoms with van der Waals surface area (Å²) in [6.45, 7) is 4.55. The molecule has 1 N–H and O–H groups in total. The standard InChI is InChI=1S/C15H21BrN2O2/c1-10(2)12-5-3-4-6-14(12)17-15-8-7-11(18(19)20)9-13(15)16/h7-10,12,14,17H,3-6H2,1-2H3. The molecule has 0 spiro atoms. The van der Waals surface area contributed by atoms with Crippen molar-refractivity contribution in [2.45, 2.75) is 45.6 Å². The summed E-state index contributed by atoms with van der Waals surface area (Å²) in [7, 11) is 0. The maximum absolute atomic E-state index is 10.8. The first-order valence-electron chi connectivity index (χ1n) is 7.19. The van der Waals surface area contributed by atoms with E-state index in [2.05, 4.69) is 35.1 Å². The van der Waals surface area contributed by atoms with E-state index in [1.165, 1.54) is 25.7 Å². The molecule has 0 saturated heterocycles. The third kappa shape index (κ3) is 3.51. The molecule has 1 aromatic carbocycles. The van der Waals surface area contributed by atoms with Gasteiger partial charge in [-0.1, -0.05) is 26.7 Å². The van der Waals surface area contributed by atoms with E-state index >= 15 is 0 Å². The molecule has 0 heterocycles. The van der Waals surface area contributed by atoms with E-state index in [0.29, 0.717) is 17.9 Å². The number of nitro benzene ring substituents is 1. The van der Waals surface area contributed by atoms with Crippen LogP contribution in [0.25, 0.3) is 0 Å². The van der Waals surface area contributed by atoms with Gasteiger partial charge in [-0.3, -0.25) is 10.1 Å². The fourth-order valence-electron chi connectivity index (χ4n) is 3.07. The Bertz CT molecular complexity index is 491. The monoisotopic (exact) mass is 340 g/mol. The van der Waals surface area contributed by atoms with Crippen molar-refractivity contribution in [3.8, 4) is 0 Å². The SMILES string of the molecule is CC(C)C1CCCCC1Nc1ccc([N+](=O)[O-])cc1Br. The molecule has 5 heteroatoms. The molecule has 0 aromatic heterocycles. The van der Waals surface area contributed by atoms with Gasteiger partial charge < -0.3 is 5.32 Å². The van der Waals surface area contributed by atoms with E-state index in [1.54, 1.807) is 18.2 Å². The Morgan fingerprint density at radius 2 is 2.05 bits per heavy atom. The minimum Gasteiger partial charge on any atom is -0.381 e. The Labute approximate surface area is 128 Å². The molecule has 110 valence electrons. The highest BCUT2D eigenvalue weighted by atomic mass is 79.9. The second-order valence-electron chi connectivity index (χ2n) is 5.86. The molecule has 1 aliphatic carbocycles. The Morgan fingerprint density at radius 1 is 1.35 bits per heavy atom. The van der Waals surface area contributed by atoms with Gasteiger partial charge >= 0.3 is 0 Å². The zero-order valence-electron chi connectivity index (χ0n) is 11.9. The number of nitro groups is 1. The lowest BCUT2D eigenvalue weighted by atomic mass is 9.78. The van der Waals surface area contributed by atoms with Crippen LogP contribution in [0.15, 0.2) is 22.7 Å². The van der Waals surface area contributed by atoms with E-state index in [4.69, 9.17) is 0 Å². The molecular formula is C15H21BrN2O2. The fraction of sp³-hybridized carbons (Fsp3) is 0.600. The Morgan fingerprint density at radius 3 is 2.65 bits per heavy atom. The Balaban J connectivity index is 2.14. The molecule has 2 atom stereocenters. The van der Waals surface area contributed by atoms with Crippen molar-refractivity contribution in [2.24, 2.45) is 11.8 Å². The maximum Gasteiger partial charge on any atom is 0.270 e. The average molecular weight is 341 g/mol. The summed E-state index contributed by atoms with van der Waals surface area (Å²) >= 11 is 3.43. The van der Waals surface area contributed by atoms with E-state index in [9.17, 15) is 10.1 Å². The molecule has 2 rings (SSSR count). The number of benzene rings is 1. The molecule has 0 amide bonds. The van der Waals surface area contributed by atoms with Gasteiger partial charge in [0.2, 0.25) is 0 Å². The van der Waals surface area contributed by atoms with Gasteiger partial charge in [0.25, 0.3) is 5.69 Å². The van der Waals surface area contributed by atoms with E-state index < -0.39 is 0 Å². The van der Waals surface area contributed by atoms with Gasteiger partial charge in [-0.2, -0.15) is 0 Å². The zero-order valence-corrected chi connectivity index (χ0v) is 13.5. The summed E-state index contributed by atoms with van der Waals surface area (Å²) in [5, 5.41) is 14.3. The lowest BCUT2D eigenvalue weighted by Gasteiger charge is -2.35. The van der Waals surface area contributed by atoms with Crippen molar-refractivity contribution in [3.05, 3.63) is 32.8 Å². The van der Waals surface area contributed by atoms with Gasteiger partial charge in [0.15, 0.2) is 0 Å². The van der Waals surface area contributed by atoms with E-state index in [0.717, 1.165) is 10.2 Å². The normalized spacial score (nSPS) is 22.8. The number of rotatable bonds is 4. The summed E-state index contributed by atoms with van der Waals surface area (Å²) in [4.78, 5) is 10.4. The second kappa shape index (κ2) is 6.57. The van der Waals surface area contributed by atoms with Crippen LogP contribution in [0.3, 0.4) is 0 Å². The molecule has 0 bridgehead atoms. The minimum atomic E-state index is -0.369. The summed E-state index contributed by atoms with van der Waals surface area (Å²) in [5.41, 5.74) is 1.07. The van der Waals surface area contributed by atoms with Crippen LogP contribution >= 0.6 is 15.9 Å². The van der Waals surface area contributed by atoms with Crippen LogP contribution in [0.2, 0.25) is 0 Å². The zero-order chi connectivity index (χ0) is 14.7. The van der Waals surface area contributed by atoms with Crippen LogP contribution in [0.1, 0.15) is 39.5 Å². The average Bonchev–Trinajstić information content (AvgIpc) is 2.41. The van der Waals surface area contributed by atoms with Crippen LogP contribution in [0.5, 0.6) is 0 Å².